The largest absolute Gasteiger partial charge is 0.357 e. The highest BCUT2D eigenvalue weighted by molar-refractivity contribution is 5.80. The average Bonchev–Trinajstić information content (AvgIpc) is 3.13. The topological polar surface area (TPSA) is 95.7 Å². The zero-order valence-electron chi connectivity index (χ0n) is 15.9. The molecule has 0 saturated heterocycles. The minimum Gasteiger partial charge on any atom is -0.357 e. The molecule has 0 spiro atoms. The minimum atomic E-state index is 0.188. The molecule has 1 amide bonds. The third-order valence-electron chi connectivity index (χ3n) is 4.80. The maximum atomic E-state index is 12.2. The zero-order chi connectivity index (χ0) is 18.9. The van der Waals surface area contributed by atoms with Crippen LogP contribution in [0.2, 0.25) is 0 Å². The maximum absolute atomic E-state index is 12.2. The first-order chi connectivity index (χ1) is 13.3. The molecule has 146 valence electrons. The first kappa shape index (κ1) is 19.1. The summed E-state index contributed by atoms with van der Waals surface area (Å²) in [5, 5.41) is 17.8. The van der Waals surface area contributed by atoms with Crippen LogP contribution in [0.3, 0.4) is 0 Å². The van der Waals surface area contributed by atoms with Crippen LogP contribution >= 0.6 is 0 Å². The van der Waals surface area contributed by atoms with Crippen LogP contribution in [-0.4, -0.2) is 46.1 Å². The molecule has 0 radical (unpaired) electrons. The summed E-state index contributed by atoms with van der Waals surface area (Å²) in [5.41, 5.74) is 0.811. The van der Waals surface area contributed by atoms with Crippen molar-refractivity contribution in [3.63, 3.8) is 0 Å². The van der Waals surface area contributed by atoms with E-state index in [1.807, 2.05) is 35.7 Å². The lowest BCUT2D eigenvalue weighted by molar-refractivity contribution is -0.125. The second-order valence-corrected chi connectivity index (χ2v) is 6.79. The van der Waals surface area contributed by atoms with Gasteiger partial charge < -0.3 is 16.0 Å². The van der Waals surface area contributed by atoms with E-state index in [0.29, 0.717) is 25.6 Å². The molecule has 0 atom stereocenters. The molecule has 0 unspecified atom stereocenters. The Balaban J connectivity index is 1.47. The van der Waals surface area contributed by atoms with Crippen molar-refractivity contribution in [3.05, 3.63) is 30.2 Å². The summed E-state index contributed by atoms with van der Waals surface area (Å²) in [6.07, 6.45) is 7.58. The zero-order valence-corrected chi connectivity index (χ0v) is 15.9. The van der Waals surface area contributed by atoms with Crippen LogP contribution in [0.15, 0.2) is 29.4 Å². The van der Waals surface area contributed by atoms with E-state index in [9.17, 15) is 4.79 Å². The number of rotatable bonds is 7. The van der Waals surface area contributed by atoms with Crippen molar-refractivity contribution in [2.24, 2.45) is 10.9 Å². The van der Waals surface area contributed by atoms with Crippen molar-refractivity contribution in [1.82, 2.24) is 30.5 Å². The lowest BCUT2D eigenvalue weighted by atomic mass is 9.89. The number of guanidine groups is 1. The smallest absolute Gasteiger partial charge is 0.223 e. The summed E-state index contributed by atoms with van der Waals surface area (Å²) in [5.74, 6) is 1.88. The fourth-order valence-electron chi connectivity index (χ4n) is 3.37. The molecule has 0 aliphatic heterocycles. The van der Waals surface area contributed by atoms with E-state index in [2.05, 4.69) is 31.1 Å². The van der Waals surface area contributed by atoms with Gasteiger partial charge in [0.05, 0.1) is 0 Å². The number of fused-ring (bicyclic) bond motifs is 1. The Bertz CT molecular complexity index is 764. The standard InChI is InChI=1S/C19H29N7O/c1-2-20-19(22-12-11-21-18(27)15-8-4-3-5-9-15)23-14-17-25-24-16-10-6-7-13-26(16)17/h6-7,10,13,15H,2-5,8-9,11-12,14H2,1H3,(H,21,27)(H2,20,22,23). The van der Waals surface area contributed by atoms with Gasteiger partial charge in [0, 0.05) is 31.7 Å². The third-order valence-corrected chi connectivity index (χ3v) is 4.80. The summed E-state index contributed by atoms with van der Waals surface area (Å²) in [6.45, 7) is 4.43. The molecular formula is C19H29N7O. The van der Waals surface area contributed by atoms with E-state index in [0.717, 1.165) is 30.9 Å². The molecule has 3 N–H and O–H groups in total. The Hall–Kier alpha value is -2.64. The van der Waals surface area contributed by atoms with Gasteiger partial charge in [-0.25, -0.2) is 4.99 Å². The quantitative estimate of drug-likeness (QED) is 0.389. The van der Waals surface area contributed by atoms with E-state index < -0.39 is 0 Å². The first-order valence-electron chi connectivity index (χ1n) is 9.86. The highest BCUT2D eigenvalue weighted by Crippen LogP contribution is 2.23. The molecule has 1 aliphatic carbocycles. The second kappa shape index (κ2) is 9.89. The predicted octanol–water partition coefficient (Wildman–Crippen LogP) is 1.48. The third kappa shape index (κ3) is 5.42. The summed E-state index contributed by atoms with van der Waals surface area (Å²) in [4.78, 5) is 16.7. The number of nitrogens with one attached hydrogen (secondary N) is 3. The van der Waals surface area contributed by atoms with Crippen LogP contribution in [0.4, 0.5) is 0 Å². The van der Waals surface area contributed by atoms with E-state index in [1.165, 1.54) is 19.3 Å². The molecule has 0 aromatic carbocycles. The van der Waals surface area contributed by atoms with Crippen LogP contribution in [-0.2, 0) is 11.3 Å². The average molecular weight is 371 g/mol. The highest BCUT2D eigenvalue weighted by Gasteiger charge is 2.20. The summed E-state index contributed by atoms with van der Waals surface area (Å²) in [7, 11) is 0. The van der Waals surface area contributed by atoms with Gasteiger partial charge in [0.15, 0.2) is 17.4 Å². The lowest BCUT2D eigenvalue weighted by Crippen LogP contribution is -2.42. The summed E-state index contributed by atoms with van der Waals surface area (Å²) >= 11 is 0. The summed E-state index contributed by atoms with van der Waals surface area (Å²) < 4.78 is 1.93. The molecule has 27 heavy (non-hydrogen) atoms. The van der Waals surface area contributed by atoms with Crippen molar-refractivity contribution < 1.29 is 4.79 Å². The van der Waals surface area contributed by atoms with Crippen LogP contribution in [0.1, 0.15) is 44.9 Å². The molecular weight excluding hydrogens is 342 g/mol. The van der Waals surface area contributed by atoms with Crippen LogP contribution in [0.5, 0.6) is 0 Å². The van der Waals surface area contributed by atoms with Crippen molar-refractivity contribution in [2.75, 3.05) is 19.6 Å². The Morgan fingerprint density at radius 3 is 2.78 bits per heavy atom. The van der Waals surface area contributed by atoms with Gasteiger partial charge in [0.25, 0.3) is 0 Å². The van der Waals surface area contributed by atoms with Gasteiger partial charge in [-0.3, -0.25) is 9.20 Å². The number of pyridine rings is 1. The number of hydrogen-bond acceptors (Lipinski definition) is 4. The van der Waals surface area contributed by atoms with Gasteiger partial charge in [-0.05, 0) is 31.9 Å². The monoisotopic (exact) mass is 371 g/mol. The van der Waals surface area contributed by atoms with Gasteiger partial charge in [-0.1, -0.05) is 25.3 Å². The molecule has 2 heterocycles. The van der Waals surface area contributed by atoms with Crippen molar-refractivity contribution in [1.29, 1.82) is 0 Å². The van der Waals surface area contributed by atoms with E-state index in [1.54, 1.807) is 0 Å². The van der Waals surface area contributed by atoms with Gasteiger partial charge in [0.2, 0.25) is 5.91 Å². The van der Waals surface area contributed by atoms with E-state index >= 15 is 0 Å². The van der Waals surface area contributed by atoms with E-state index in [-0.39, 0.29) is 11.8 Å². The number of hydrogen-bond donors (Lipinski definition) is 3. The molecule has 1 aliphatic rings. The molecule has 8 heteroatoms. The number of amides is 1. The Morgan fingerprint density at radius 1 is 1.15 bits per heavy atom. The number of aliphatic imine (C=N–C) groups is 1. The van der Waals surface area contributed by atoms with E-state index in [4.69, 9.17) is 0 Å². The van der Waals surface area contributed by atoms with Crippen molar-refractivity contribution in [2.45, 2.75) is 45.6 Å². The Labute approximate surface area is 159 Å². The fraction of sp³-hybridized carbons (Fsp3) is 0.579. The first-order valence-corrected chi connectivity index (χ1v) is 9.86. The normalized spacial score (nSPS) is 15.7. The van der Waals surface area contributed by atoms with Gasteiger partial charge in [0.1, 0.15) is 6.54 Å². The number of carbonyl (C=O) groups is 1. The SMILES string of the molecule is CCNC(=NCc1nnc2ccccn12)NCCNC(=O)C1CCCCC1. The molecule has 1 saturated carbocycles. The van der Waals surface area contributed by atoms with Crippen LogP contribution in [0.25, 0.3) is 5.65 Å². The van der Waals surface area contributed by atoms with Gasteiger partial charge >= 0.3 is 0 Å². The van der Waals surface area contributed by atoms with Crippen molar-refractivity contribution >= 4 is 17.5 Å². The lowest BCUT2D eigenvalue weighted by Gasteiger charge is -2.21. The number of nitrogens with zero attached hydrogens (tertiary/aromatic N) is 4. The molecule has 1 fully saturated rings. The van der Waals surface area contributed by atoms with Crippen LogP contribution < -0.4 is 16.0 Å². The second-order valence-electron chi connectivity index (χ2n) is 6.79. The maximum Gasteiger partial charge on any atom is 0.223 e. The highest BCUT2D eigenvalue weighted by atomic mass is 16.1. The molecule has 0 bridgehead atoms. The Kier molecular flexibility index (Phi) is 7.01. The van der Waals surface area contributed by atoms with Gasteiger partial charge in [-0.2, -0.15) is 0 Å². The Morgan fingerprint density at radius 2 is 1.96 bits per heavy atom. The predicted molar refractivity (Wildman–Crippen MR) is 105 cm³/mol. The molecule has 2 aromatic heterocycles. The number of aromatic nitrogens is 3. The molecule has 3 rings (SSSR count). The summed E-state index contributed by atoms with van der Waals surface area (Å²) in [6, 6.07) is 5.80. The minimum absolute atomic E-state index is 0.188. The van der Waals surface area contributed by atoms with Crippen molar-refractivity contribution in [3.8, 4) is 0 Å². The van der Waals surface area contributed by atoms with Crippen LogP contribution in [0, 0.1) is 5.92 Å². The van der Waals surface area contributed by atoms with Gasteiger partial charge in [-0.15, -0.1) is 10.2 Å². The molecule has 2 aromatic rings. The molecule has 8 nitrogen and oxygen atoms in total. The number of carbonyl (C=O) groups excluding carboxylic acids is 1. The fourth-order valence-corrected chi connectivity index (χ4v) is 3.37.